The summed E-state index contributed by atoms with van der Waals surface area (Å²) >= 11 is 0. The van der Waals surface area contributed by atoms with E-state index in [-0.39, 0.29) is 29.6 Å². The van der Waals surface area contributed by atoms with Gasteiger partial charge in [-0.2, -0.15) is 0 Å². The number of amides is 1. The van der Waals surface area contributed by atoms with Crippen LogP contribution in [0.3, 0.4) is 0 Å². The lowest BCUT2D eigenvalue weighted by Gasteiger charge is -2.20. The number of nitrogens with zero attached hydrogens (tertiary/aromatic N) is 4. The van der Waals surface area contributed by atoms with Crippen molar-refractivity contribution >= 4 is 5.91 Å². The summed E-state index contributed by atoms with van der Waals surface area (Å²) in [5.41, 5.74) is 1.73. The van der Waals surface area contributed by atoms with Crippen LogP contribution in [0, 0.1) is 6.92 Å². The van der Waals surface area contributed by atoms with Gasteiger partial charge in [0.05, 0.1) is 6.54 Å². The van der Waals surface area contributed by atoms with E-state index < -0.39 is 0 Å². The first kappa shape index (κ1) is 21.5. The van der Waals surface area contributed by atoms with Crippen LogP contribution in [0.1, 0.15) is 40.3 Å². The third-order valence-electron chi connectivity index (χ3n) is 5.06. The summed E-state index contributed by atoms with van der Waals surface area (Å²) in [5.74, 6) is 0.361. The number of imidazole rings is 1. The average Bonchev–Trinajstić information content (AvgIpc) is 3.13. The lowest BCUT2D eigenvalue weighted by Crippen LogP contribution is -2.37. The summed E-state index contributed by atoms with van der Waals surface area (Å²) in [6, 6.07) is 11.8. The smallest absolute Gasteiger partial charge is 0.263 e. The van der Waals surface area contributed by atoms with Crippen LogP contribution in [-0.2, 0) is 13.1 Å². The van der Waals surface area contributed by atoms with Crippen molar-refractivity contribution in [3.8, 4) is 0 Å². The van der Waals surface area contributed by atoms with Crippen LogP contribution in [0.2, 0.25) is 0 Å². The lowest BCUT2D eigenvalue weighted by molar-refractivity contribution is 0.0946. The van der Waals surface area contributed by atoms with Gasteiger partial charge < -0.3 is 19.4 Å². The summed E-state index contributed by atoms with van der Waals surface area (Å²) in [4.78, 5) is 32.2. The van der Waals surface area contributed by atoms with Crippen molar-refractivity contribution in [2.45, 2.75) is 33.0 Å². The van der Waals surface area contributed by atoms with Gasteiger partial charge in [0.2, 0.25) is 0 Å². The maximum atomic E-state index is 13.0. The Bertz CT molecular complexity index is 1050. The molecule has 0 aliphatic rings. The number of carbonyl (C=O) groups is 1. The van der Waals surface area contributed by atoms with Crippen molar-refractivity contribution in [2.75, 3.05) is 20.6 Å². The molecule has 3 aromatic rings. The van der Waals surface area contributed by atoms with E-state index in [4.69, 9.17) is 0 Å². The zero-order chi connectivity index (χ0) is 21.7. The molecule has 0 saturated heterocycles. The Morgan fingerprint density at radius 1 is 1.17 bits per heavy atom. The number of hydrogen-bond donors (Lipinski definition) is 1. The number of rotatable bonds is 8. The molecule has 1 amide bonds. The minimum Gasteiger partial charge on any atom is -0.345 e. The summed E-state index contributed by atoms with van der Waals surface area (Å²) in [6.45, 7) is 5.39. The van der Waals surface area contributed by atoms with Crippen molar-refractivity contribution in [2.24, 2.45) is 0 Å². The van der Waals surface area contributed by atoms with E-state index in [0.717, 1.165) is 11.4 Å². The Morgan fingerprint density at radius 3 is 2.60 bits per heavy atom. The van der Waals surface area contributed by atoms with E-state index in [1.54, 1.807) is 23.9 Å². The molecule has 0 saturated carbocycles. The molecule has 0 bridgehead atoms. The van der Waals surface area contributed by atoms with Gasteiger partial charge in [-0.3, -0.25) is 9.59 Å². The van der Waals surface area contributed by atoms with Crippen LogP contribution in [0.5, 0.6) is 0 Å². The summed E-state index contributed by atoms with van der Waals surface area (Å²) in [7, 11) is 3.92. The Labute approximate surface area is 177 Å². The molecule has 1 N–H and O–H groups in total. The van der Waals surface area contributed by atoms with Gasteiger partial charge in [0, 0.05) is 37.7 Å². The first-order valence-corrected chi connectivity index (χ1v) is 10.1. The van der Waals surface area contributed by atoms with Crippen LogP contribution in [0.25, 0.3) is 0 Å². The fourth-order valence-corrected chi connectivity index (χ4v) is 3.56. The first-order valence-electron chi connectivity index (χ1n) is 10.1. The Hall–Kier alpha value is -3.19. The Morgan fingerprint density at radius 2 is 1.90 bits per heavy atom. The van der Waals surface area contributed by atoms with Crippen LogP contribution < -0.4 is 10.9 Å². The predicted molar refractivity (Wildman–Crippen MR) is 118 cm³/mol. The molecule has 2 heterocycles. The molecule has 1 unspecified atom stereocenters. The molecule has 158 valence electrons. The topological polar surface area (TPSA) is 72.2 Å². The highest BCUT2D eigenvalue weighted by Crippen LogP contribution is 2.09. The fraction of sp³-hybridized carbons (Fsp3) is 0.348. The highest BCUT2D eigenvalue weighted by Gasteiger charge is 2.18. The Kier molecular flexibility index (Phi) is 6.84. The number of hydrogen-bond acceptors (Lipinski definition) is 4. The molecule has 2 aromatic heterocycles. The Balaban J connectivity index is 1.75. The van der Waals surface area contributed by atoms with E-state index in [0.29, 0.717) is 18.7 Å². The second kappa shape index (κ2) is 9.54. The van der Waals surface area contributed by atoms with E-state index >= 15 is 0 Å². The number of aryl methyl sites for hydroxylation is 1. The molecule has 3 rings (SSSR count). The molecular weight excluding hydrogens is 378 g/mol. The quantitative estimate of drug-likeness (QED) is 0.623. The van der Waals surface area contributed by atoms with Crippen molar-refractivity contribution in [3.63, 3.8) is 0 Å². The van der Waals surface area contributed by atoms with Crippen molar-refractivity contribution in [3.05, 3.63) is 87.9 Å². The van der Waals surface area contributed by atoms with E-state index in [1.165, 1.54) is 0 Å². The molecule has 30 heavy (non-hydrogen) atoms. The van der Waals surface area contributed by atoms with Crippen LogP contribution in [0.15, 0.2) is 59.8 Å². The van der Waals surface area contributed by atoms with Crippen molar-refractivity contribution in [1.29, 1.82) is 0 Å². The number of carbonyl (C=O) groups excluding carboxylic acids is 1. The molecule has 0 aliphatic carbocycles. The average molecular weight is 408 g/mol. The second-order valence-electron chi connectivity index (χ2n) is 7.84. The standard InChI is InChI=1S/C23H29N5O2/c1-17-10-12-28(18(2)15-26(3)4)23(30)21(17)22(29)25-14-20-24-11-13-27(20)16-19-8-6-5-7-9-19/h5-13,18H,14-16H2,1-4H3,(H,25,29). The van der Waals surface area contributed by atoms with Gasteiger partial charge in [-0.25, -0.2) is 4.98 Å². The van der Waals surface area contributed by atoms with Crippen LogP contribution >= 0.6 is 0 Å². The lowest BCUT2D eigenvalue weighted by atomic mass is 10.1. The SMILES string of the molecule is Cc1ccn(C(C)CN(C)C)c(=O)c1C(=O)NCc1nccn1Cc1ccccc1. The summed E-state index contributed by atoms with van der Waals surface area (Å²) in [6.07, 6.45) is 5.36. The molecule has 0 radical (unpaired) electrons. The molecule has 1 atom stereocenters. The van der Waals surface area contributed by atoms with Gasteiger partial charge in [0.1, 0.15) is 11.4 Å². The van der Waals surface area contributed by atoms with E-state index in [9.17, 15) is 9.59 Å². The molecule has 0 aliphatic heterocycles. The molecule has 1 aromatic carbocycles. The number of pyridine rings is 1. The second-order valence-corrected chi connectivity index (χ2v) is 7.84. The zero-order valence-corrected chi connectivity index (χ0v) is 18.0. The molecule has 0 spiro atoms. The third-order valence-corrected chi connectivity index (χ3v) is 5.06. The maximum Gasteiger partial charge on any atom is 0.263 e. The normalized spacial score (nSPS) is 12.2. The van der Waals surface area contributed by atoms with Gasteiger partial charge in [0.25, 0.3) is 11.5 Å². The number of likely N-dealkylation sites (N-methyl/N-ethyl adjacent to an activating group) is 1. The van der Waals surface area contributed by atoms with E-state index in [1.807, 2.05) is 73.1 Å². The fourth-order valence-electron chi connectivity index (χ4n) is 3.56. The largest absolute Gasteiger partial charge is 0.345 e. The predicted octanol–water partition coefficient (Wildman–Crippen LogP) is 2.45. The molecule has 7 nitrogen and oxygen atoms in total. The minimum absolute atomic E-state index is 0.0376. The van der Waals surface area contributed by atoms with Gasteiger partial charge in [-0.15, -0.1) is 0 Å². The van der Waals surface area contributed by atoms with Gasteiger partial charge >= 0.3 is 0 Å². The number of benzene rings is 1. The zero-order valence-electron chi connectivity index (χ0n) is 18.0. The van der Waals surface area contributed by atoms with E-state index in [2.05, 4.69) is 10.3 Å². The monoisotopic (exact) mass is 407 g/mol. The van der Waals surface area contributed by atoms with Crippen molar-refractivity contribution in [1.82, 2.24) is 24.3 Å². The highest BCUT2D eigenvalue weighted by atomic mass is 16.2. The molecule has 0 fully saturated rings. The van der Waals surface area contributed by atoms with Gasteiger partial charge in [-0.1, -0.05) is 30.3 Å². The van der Waals surface area contributed by atoms with Crippen LogP contribution in [-0.4, -0.2) is 45.6 Å². The summed E-state index contributed by atoms with van der Waals surface area (Å²) in [5, 5.41) is 2.87. The molecular formula is C23H29N5O2. The highest BCUT2D eigenvalue weighted by molar-refractivity contribution is 5.95. The summed E-state index contributed by atoms with van der Waals surface area (Å²) < 4.78 is 3.61. The maximum absolute atomic E-state index is 13.0. The van der Waals surface area contributed by atoms with Gasteiger partial charge in [0.15, 0.2) is 0 Å². The third kappa shape index (κ3) is 5.04. The van der Waals surface area contributed by atoms with Gasteiger partial charge in [-0.05, 0) is 45.1 Å². The minimum atomic E-state index is -0.377. The van der Waals surface area contributed by atoms with Crippen LogP contribution in [0.4, 0.5) is 0 Å². The number of nitrogens with one attached hydrogen (secondary N) is 1. The molecule has 7 heteroatoms. The number of aromatic nitrogens is 3. The first-order chi connectivity index (χ1) is 14.4. The van der Waals surface area contributed by atoms with Crippen molar-refractivity contribution < 1.29 is 4.79 Å².